The van der Waals surface area contributed by atoms with E-state index in [0.29, 0.717) is 17.4 Å². The summed E-state index contributed by atoms with van der Waals surface area (Å²) in [5.41, 5.74) is 1.21. The van der Waals surface area contributed by atoms with Crippen molar-refractivity contribution in [2.24, 2.45) is 0 Å². The monoisotopic (exact) mass is 279 g/mol. The standard InChI is InChI=1S/C13H11ClFN3O/c14-10-5-8(3-4-11(10)15)16-12-6-9(7-1-2-7)13(19)18-17-12/h3-7H,1-2H2,(H,16,17)(H,18,19). The Morgan fingerprint density at radius 3 is 2.84 bits per heavy atom. The van der Waals surface area contributed by atoms with Gasteiger partial charge < -0.3 is 5.32 Å². The smallest absolute Gasteiger partial charge is 0.267 e. The van der Waals surface area contributed by atoms with Crippen LogP contribution in [-0.2, 0) is 0 Å². The summed E-state index contributed by atoms with van der Waals surface area (Å²) in [6.45, 7) is 0. The molecule has 3 rings (SSSR count). The summed E-state index contributed by atoms with van der Waals surface area (Å²) in [6.07, 6.45) is 2.07. The Balaban J connectivity index is 1.88. The number of nitrogens with zero attached hydrogens (tertiary/aromatic N) is 1. The normalized spacial score (nSPS) is 14.4. The summed E-state index contributed by atoms with van der Waals surface area (Å²) in [5.74, 6) is 0.383. The van der Waals surface area contributed by atoms with Crippen molar-refractivity contribution in [2.45, 2.75) is 18.8 Å². The fourth-order valence-electron chi connectivity index (χ4n) is 1.90. The van der Waals surface area contributed by atoms with E-state index in [1.165, 1.54) is 12.1 Å². The van der Waals surface area contributed by atoms with Crippen LogP contribution in [0.15, 0.2) is 29.1 Å². The van der Waals surface area contributed by atoms with Crippen molar-refractivity contribution < 1.29 is 4.39 Å². The number of hydrogen-bond acceptors (Lipinski definition) is 3. The van der Waals surface area contributed by atoms with Gasteiger partial charge in [0.2, 0.25) is 0 Å². The van der Waals surface area contributed by atoms with Gasteiger partial charge in [0.05, 0.1) is 5.02 Å². The van der Waals surface area contributed by atoms with Crippen LogP contribution in [0.4, 0.5) is 15.9 Å². The van der Waals surface area contributed by atoms with Crippen molar-refractivity contribution in [3.63, 3.8) is 0 Å². The molecule has 0 saturated heterocycles. The van der Waals surface area contributed by atoms with Crippen LogP contribution in [-0.4, -0.2) is 10.2 Å². The van der Waals surface area contributed by atoms with Crippen LogP contribution >= 0.6 is 11.6 Å². The van der Waals surface area contributed by atoms with Crippen LogP contribution in [0.5, 0.6) is 0 Å². The number of halogens is 2. The van der Waals surface area contributed by atoms with Crippen LogP contribution in [0.3, 0.4) is 0 Å². The second-order valence-electron chi connectivity index (χ2n) is 4.57. The summed E-state index contributed by atoms with van der Waals surface area (Å²) < 4.78 is 13.0. The molecule has 2 N–H and O–H groups in total. The molecule has 1 heterocycles. The SMILES string of the molecule is O=c1[nH]nc(Nc2ccc(F)c(Cl)c2)cc1C1CC1. The third-order valence-corrected chi connectivity index (χ3v) is 3.33. The van der Waals surface area contributed by atoms with Crippen LogP contribution in [0, 0.1) is 5.82 Å². The predicted octanol–water partition coefficient (Wildman–Crippen LogP) is 3.18. The number of rotatable bonds is 3. The van der Waals surface area contributed by atoms with Gasteiger partial charge in [-0.25, -0.2) is 9.49 Å². The molecular weight excluding hydrogens is 269 g/mol. The summed E-state index contributed by atoms with van der Waals surface area (Å²) >= 11 is 5.70. The number of anilines is 2. The van der Waals surface area contributed by atoms with Gasteiger partial charge >= 0.3 is 0 Å². The molecule has 0 amide bonds. The maximum atomic E-state index is 13.0. The number of H-pyrrole nitrogens is 1. The molecule has 1 aliphatic carbocycles. The van der Waals surface area contributed by atoms with Crippen molar-refractivity contribution >= 4 is 23.1 Å². The van der Waals surface area contributed by atoms with Crippen LogP contribution < -0.4 is 10.9 Å². The van der Waals surface area contributed by atoms with Gasteiger partial charge in [0.1, 0.15) is 5.82 Å². The van der Waals surface area contributed by atoms with Gasteiger partial charge in [0.25, 0.3) is 5.56 Å². The maximum Gasteiger partial charge on any atom is 0.267 e. The number of benzene rings is 1. The zero-order valence-electron chi connectivity index (χ0n) is 9.91. The van der Waals surface area contributed by atoms with Gasteiger partial charge in [-0.15, -0.1) is 0 Å². The number of nitrogens with one attached hydrogen (secondary N) is 2. The second kappa shape index (κ2) is 4.66. The lowest BCUT2D eigenvalue weighted by molar-refractivity contribution is 0.628. The summed E-state index contributed by atoms with van der Waals surface area (Å²) in [4.78, 5) is 11.6. The third kappa shape index (κ3) is 2.61. The Kier molecular flexibility index (Phi) is 2.98. The van der Waals surface area contributed by atoms with E-state index in [9.17, 15) is 9.18 Å². The Hall–Kier alpha value is -1.88. The lowest BCUT2D eigenvalue weighted by Gasteiger charge is -2.07. The van der Waals surface area contributed by atoms with Gasteiger partial charge in [-0.05, 0) is 43.0 Å². The maximum absolute atomic E-state index is 13.0. The molecule has 0 bridgehead atoms. The van der Waals surface area contributed by atoms with Crippen molar-refractivity contribution in [1.82, 2.24) is 10.2 Å². The van der Waals surface area contributed by atoms with E-state index in [2.05, 4.69) is 15.5 Å². The average molecular weight is 280 g/mol. The molecule has 1 aliphatic rings. The Morgan fingerprint density at radius 1 is 1.37 bits per heavy atom. The first kappa shape index (κ1) is 12.2. The second-order valence-corrected chi connectivity index (χ2v) is 4.97. The molecule has 1 aromatic carbocycles. The molecule has 4 nitrogen and oxygen atoms in total. The minimum Gasteiger partial charge on any atom is -0.339 e. The van der Waals surface area contributed by atoms with Gasteiger partial charge in [0, 0.05) is 11.3 Å². The van der Waals surface area contributed by atoms with Crippen molar-refractivity contribution in [2.75, 3.05) is 5.32 Å². The topological polar surface area (TPSA) is 57.8 Å². The highest BCUT2D eigenvalue weighted by Crippen LogP contribution is 2.38. The predicted molar refractivity (Wildman–Crippen MR) is 71.5 cm³/mol. The van der Waals surface area contributed by atoms with Crippen molar-refractivity contribution in [1.29, 1.82) is 0 Å². The highest BCUT2D eigenvalue weighted by atomic mass is 35.5. The van der Waals surface area contributed by atoms with Gasteiger partial charge in [-0.3, -0.25) is 4.79 Å². The Labute approximate surface area is 113 Å². The molecule has 0 atom stereocenters. The number of aromatic nitrogens is 2. The first-order chi connectivity index (χ1) is 9.13. The van der Waals surface area contributed by atoms with E-state index in [4.69, 9.17) is 11.6 Å². The number of aromatic amines is 1. The first-order valence-electron chi connectivity index (χ1n) is 5.95. The molecule has 1 fully saturated rings. The summed E-state index contributed by atoms with van der Waals surface area (Å²) in [7, 11) is 0. The lowest BCUT2D eigenvalue weighted by Crippen LogP contribution is -2.14. The summed E-state index contributed by atoms with van der Waals surface area (Å²) in [5, 5.41) is 9.40. The fraction of sp³-hybridized carbons (Fsp3) is 0.231. The van der Waals surface area contributed by atoms with Gasteiger partial charge in [0.15, 0.2) is 5.82 Å². The van der Waals surface area contributed by atoms with Gasteiger partial charge in [-0.1, -0.05) is 11.6 Å². The molecule has 6 heteroatoms. The minimum absolute atomic E-state index is 0.0387. The zero-order valence-corrected chi connectivity index (χ0v) is 10.7. The number of hydrogen-bond donors (Lipinski definition) is 2. The summed E-state index contributed by atoms with van der Waals surface area (Å²) in [6, 6.07) is 6.04. The molecular formula is C13H11ClFN3O. The van der Waals surface area contributed by atoms with Crippen molar-refractivity contribution in [3.05, 3.63) is 51.0 Å². The van der Waals surface area contributed by atoms with E-state index in [1.54, 1.807) is 12.1 Å². The molecule has 0 radical (unpaired) electrons. The van der Waals surface area contributed by atoms with E-state index < -0.39 is 5.82 Å². The van der Waals surface area contributed by atoms with Crippen LogP contribution in [0.2, 0.25) is 5.02 Å². The van der Waals surface area contributed by atoms with Crippen molar-refractivity contribution in [3.8, 4) is 0 Å². The molecule has 19 heavy (non-hydrogen) atoms. The van der Waals surface area contributed by atoms with E-state index in [0.717, 1.165) is 18.4 Å². The lowest BCUT2D eigenvalue weighted by atomic mass is 10.2. The molecule has 0 unspecified atom stereocenters. The van der Waals surface area contributed by atoms with E-state index >= 15 is 0 Å². The quantitative estimate of drug-likeness (QED) is 0.907. The molecule has 98 valence electrons. The molecule has 2 aromatic rings. The minimum atomic E-state index is -0.472. The van der Waals surface area contributed by atoms with Crippen LogP contribution in [0.25, 0.3) is 0 Å². The Morgan fingerprint density at radius 2 is 2.16 bits per heavy atom. The Bertz CT molecular complexity index is 682. The average Bonchev–Trinajstić information content (AvgIpc) is 3.20. The molecule has 0 spiro atoms. The molecule has 1 aromatic heterocycles. The van der Waals surface area contributed by atoms with Crippen LogP contribution in [0.1, 0.15) is 24.3 Å². The van der Waals surface area contributed by atoms with E-state index in [1.807, 2.05) is 0 Å². The molecule has 0 aliphatic heterocycles. The zero-order chi connectivity index (χ0) is 13.4. The highest BCUT2D eigenvalue weighted by Gasteiger charge is 2.26. The third-order valence-electron chi connectivity index (χ3n) is 3.04. The van der Waals surface area contributed by atoms with Gasteiger partial charge in [-0.2, -0.15) is 5.10 Å². The fourth-order valence-corrected chi connectivity index (χ4v) is 2.08. The largest absolute Gasteiger partial charge is 0.339 e. The highest BCUT2D eigenvalue weighted by molar-refractivity contribution is 6.31. The molecule has 1 saturated carbocycles. The first-order valence-corrected chi connectivity index (χ1v) is 6.33. The van der Waals surface area contributed by atoms with E-state index in [-0.39, 0.29) is 10.6 Å².